The predicted octanol–water partition coefficient (Wildman–Crippen LogP) is 2.90. The van der Waals surface area contributed by atoms with Crippen LogP contribution in [0, 0.1) is 28.4 Å². The molecular weight excluding hydrogens is 436 g/mol. The molecule has 0 saturated heterocycles. The Morgan fingerprint density at radius 3 is 2.56 bits per heavy atom. The Bertz CT molecular complexity index is 1660. The summed E-state index contributed by atoms with van der Waals surface area (Å²) in [6, 6.07) is 17.6. The molecule has 5 rings (SSSR count). The molecule has 0 aliphatic rings. The number of nitro benzene ring substituents is 1. The quantitative estimate of drug-likeness (QED) is 0.295. The summed E-state index contributed by atoms with van der Waals surface area (Å²) in [5.41, 5.74) is 2.09. The summed E-state index contributed by atoms with van der Waals surface area (Å²) in [5.74, 6) is 0. The van der Waals surface area contributed by atoms with Crippen LogP contribution in [0.25, 0.3) is 22.4 Å². The van der Waals surface area contributed by atoms with Crippen molar-refractivity contribution in [2.24, 2.45) is 0 Å². The van der Waals surface area contributed by atoms with Crippen molar-refractivity contribution in [2.75, 3.05) is 0 Å². The second kappa shape index (κ2) is 8.10. The molecule has 166 valence electrons. The average Bonchev–Trinajstić information content (AvgIpc) is 3.42. The van der Waals surface area contributed by atoms with Gasteiger partial charge in [-0.3, -0.25) is 19.5 Å². The molecule has 0 bridgehead atoms. The summed E-state index contributed by atoms with van der Waals surface area (Å²) in [7, 11) is 0. The highest BCUT2D eigenvalue weighted by Crippen LogP contribution is 2.24. The number of rotatable bonds is 5. The van der Waals surface area contributed by atoms with Gasteiger partial charge in [0.15, 0.2) is 5.65 Å². The summed E-state index contributed by atoms with van der Waals surface area (Å²) in [6.07, 6.45) is 2.68. The van der Waals surface area contributed by atoms with Crippen molar-refractivity contribution in [2.45, 2.75) is 13.5 Å². The van der Waals surface area contributed by atoms with Gasteiger partial charge in [0, 0.05) is 6.07 Å². The molecule has 0 atom stereocenters. The van der Waals surface area contributed by atoms with E-state index in [0.717, 1.165) is 5.69 Å². The standard InChI is InChI=1S/C23H16N8O3/c1-15-17(11-24)21(29(27-15)16-7-3-2-4-8-16)13-28-14-25-22-18(23(28)32)12-26-30(22)19-9-5-6-10-20(19)31(33)34/h2-10,12,14H,13H2,1H3. The molecule has 0 radical (unpaired) electrons. The van der Waals surface area contributed by atoms with E-state index in [-0.39, 0.29) is 29.0 Å². The fraction of sp³-hybridized carbons (Fsp3) is 0.0870. The van der Waals surface area contributed by atoms with Crippen molar-refractivity contribution >= 4 is 16.7 Å². The minimum Gasteiger partial charge on any atom is -0.292 e. The number of fused-ring (bicyclic) bond motifs is 1. The van der Waals surface area contributed by atoms with Crippen LogP contribution in [0.4, 0.5) is 5.69 Å². The van der Waals surface area contributed by atoms with Crippen LogP contribution < -0.4 is 5.56 Å². The lowest BCUT2D eigenvalue weighted by Crippen LogP contribution is -2.23. The maximum atomic E-state index is 13.3. The first-order valence-corrected chi connectivity index (χ1v) is 10.2. The van der Waals surface area contributed by atoms with E-state index in [0.29, 0.717) is 17.0 Å². The van der Waals surface area contributed by atoms with Gasteiger partial charge in [-0.15, -0.1) is 0 Å². The Morgan fingerprint density at radius 1 is 1.09 bits per heavy atom. The molecule has 3 aromatic heterocycles. The lowest BCUT2D eigenvalue weighted by Gasteiger charge is -2.10. The van der Waals surface area contributed by atoms with Crippen molar-refractivity contribution in [3.05, 3.63) is 105 Å². The zero-order valence-electron chi connectivity index (χ0n) is 17.9. The molecule has 34 heavy (non-hydrogen) atoms. The van der Waals surface area contributed by atoms with Gasteiger partial charge < -0.3 is 0 Å². The molecule has 0 aliphatic heterocycles. The molecule has 5 aromatic rings. The monoisotopic (exact) mass is 452 g/mol. The van der Waals surface area contributed by atoms with E-state index in [4.69, 9.17) is 0 Å². The minimum atomic E-state index is -0.513. The van der Waals surface area contributed by atoms with Gasteiger partial charge in [-0.2, -0.15) is 15.5 Å². The Kier molecular flexibility index (Phi) is 4.95. The van der Waals surface area contributed by atoms with E-state index in [1.807, 2.05) is 30.3 Å². The van der Waals surface area contributed by atoms with Gasteiger partial charge in [-0.25, -0.2) is 14.3 Å². The molecule has 0 N–H and O–H groups in total. The molecule has 11 heteroatoms. The number of nitro groups is 1. The van der Waals surface area contributed by atoms with Crippen LogP contribution in [-0.2, 0) is 6.54 Å². The van der Waals surface area contributed by atoms with Gasteiger partial charge >= 0.3 is 0 Å². The highest BCUT2D eigenvalue weighted by atomic mass is 16.6. The molecule has 0 fully saturated rings. The molecule has 0 spiro atoms. The van der Waals surface area contributed by atoms with Crippen molar-refractivity contribution < 1.29 is 4.92 Å². The number of aromatic nitrogens is 6. The van der Waals surface area contributed by atoms with Gasteiger partial charge in [0.2, 0.25) is 0 Å². The smallest absolute Gasteiger partial charge is 0.292 e. The topological polar surface area (TPSA) is 137 Å². The van der Waals surface area contributed by atoms with Gasteiger partial charge in [-0.05, 0) is 25.1 Å². The molecule has 3 heterocycles. The van der Waals surface area contributed by atoms with Gasteiger partial charge in [0.25, 0.3) is 11.2 Å². The molecule has 11 nitrogen and oxygen atoms in total. The van der Waals surface area contributed by atoms with Crippen LogP contribution in [0.3, 0.4) is 0 Å². The van der Waals surface area contributed by atoms with E-state index in [2.05, 4.69) is 21.3 Å². The minimum absolute atomic E-state index is 0.0526. The summed E-state index contributed by atoms with van der Waals surface area (Å²) >= 11 is 0. The first-order chi connectivity index (χ1) is 16.5. The highest BCUT2D eigenvalue weighted by molar-refractivity contribution is 5.76. The Balaban J connectivity index is 1.62. The molecule has 2 aromatic carbocycles. The number of hydrogen-bond donors (Lipinski definition) is 0. The first kappa shape index (κ1) is 20.8. The lowest BCUT2D eigenvalue weighted by molar-refractivity contribution is -0.384. The maximum Gasteiger partial charge on any atom is 0.294 e. The zero-order chi connectivity index (χ0) is 23.8. The summed E-state index contributed by atoms with van der Waals surface area (Å²) in [6.45, 7) is 1.79. The van der Waals surface area contributed by atoms with Crippen molar-refractivity contribution in [1.29, 1.82) is 5.26 Å². The molecule has 0 amide bonds. The molecular formula is C23H16N8O3. The summed E-state index contributed by atoms with van der Waals surface area (Å²) in [4.78, 5) is 28.6. The van der Waals surface area contributed by atoms with E-state index in [1.54, 1.807) is 23.7 Å². The van der Waals surface area contributed by atoms with Gasteiger partial charge in [-0.1, -0.05) is 30.3 Å². The van der Waals surface area contributed by atoms with E-state index < -0.39 is 10.5 Å². The average molecular weight is 452 g/mol. The van der Waals surface area contributed by atoms with E-state index in [1.165, 1.54) is 33.9 Å². The fourth-order valence-electron chi connectivity index (χ4n) is 3.85. The predicted molar refractivity (Wildman–Crippen MR) is 122 cm³/mol. The highest BCUT2D eigenvalue weighted by Gasteiger charge is 2.21. The SMILES string of the molecule is Cc1nn(-c2ccccc2)c(Cn2cnc3c(cnn3-c3ccccc3[N+](=O)[O-])c2=O)c1C#N. The zero-order valence-corrected chi connectivity index (χ0v) is 17.9. The number of aryl methyl sites for hydroxylation is 1. The normalized spacial score (nSPS) is 10.9. The first-order valence-electron chi connectivity index (χ1n) is 10.2. The van der Waals surface area contributed by atoms with Gasteiger partial charge in [0.1, 0.15) is 23.5 Å². The number of para-hydroxylation sites is 3. The Morgan fingerprint density at radius 2 is 1.82 bits per heavy atom. The van der Waals surface area contributed by atoms with Crippen LogP contribution in [0.15, 0.2) is 71.9 Å². The molecule has 0 unspecified atom stereocenters. The Hall–Kier alpha value is -5.11. The molecule has 0 saturated carbocycles. The van der Waals surface area contributed by atoms with Crippen molar-refractivity contribution in [3.8, 4) is 17.4 Å². The maximum absolute atomic E-state index is 13.3. The van der Waals surface area contributed by atoms with Crippen molar-refractivity contribution in [3.63, 3.8) is 0 Å². The van der Waals surface area contributed by atoms with Crippen molar-refractivity contribution in [1.82, 2.24) is 29.1 Å². The van der Waals surface area contributed by atoms with Crippen LogP contribution in [0.1, 0.15) is 17.0 Å². The number of benzene rings is 2. The number of nitriles is 1. The lowest BCUT2D eigenvalue weighted by atomic mass is 10.2. The number of hydrogen-bond acceptors (Lipinski definition) is 7. The second-order valence-corrected chi connectivity index (χ2v) is 7.48. The third kappa shape index (κ3) is 3.30. The van der Waals surface area contributed by atoms with Crippen LogP contribution in [-0.4, -0.2) is 34.0 Å². The van der Waals surface area contributed by atoms with E-state index in [9.17, 15) is 20.2 Å². The second-order valence-electron chi connectivity index (χ2n) is 7.48. The van der Waals surface area contributed by atoms with E-state index >= 15 is 0 Å². The van der Waals surface area contributed by atoms with Crippen LogP contribution in [0.2, 0.25) is 0 Å². The Labute approximate surface area is 191 Å². The molecule has 0 aliphatic carbocycles. The van der Waals surface area contributed by atoms with Gasteiger partial charge in [0.05, 0.1) is 40.3 Å². The third-order valence-electron chi connectivity index (χ3n) is 5.45. The van der Waals surface area contributed by atoms with Crippen LogP contribution in [0.5, 0.6) is 0 Å². The fourth-order valence-corrected chi connectivity index (χ4v) is 3.85. The third-order valence-corrected chi connectivity index (χ3v) is 5.45. The van der Waals surface area contributed by atoms with Crippen LogP contribution >= 0.6 is 0 Å². The summed E-state index contributed by atoms with van der Waals surface area (Å²) < 4.78 is 4.28. The number of nitrogens with zero attached hydrogens (tertiary/aromatic N) is 8. The largest absolute Gasteiger partial charge is 0.294 e. The summed E-state index contributed by atoms with van der Waals surface area (Å²) in [5, 5.41) is 30.0.